The zero-order valence-electron chi connectivity index (χ0n) is 10.5. The van der Waals surface area contributed by atoms with Gasteiger partial charge in [0.2, 0.25) is 5.91 Å². The van der Waals surface area contributed by atoms with Crippen LogP contribution in [-0.4, -0.2) is 57.5 Å². The Hall–Kier alpha value is -1.61. The van der Waals surface area contributed by atoms with Gasteiger partial charge in [0.15, 0.2) is 5.16 Å². The fourth-order valence-electron chi connectivity index (χ4n) is 1.72. The number of H-pyrrole nitrogens is 1. The van der Waals surface area contributed by atoms with Crippen molar-refractivity contribution in [3.63, 3.8) is 0 Å². The van der Waals surface area contributed by atoms with E-state index in [2.05, 4.69) is 15.4 Å². The first kappa shape index (κ1) is 13.8. The summed E-state index contributed by atoms with van der Waals surface area (Å²) in [7, 11) is 1.57. The van der Waals surface area contributed by atoms with Crippen LogP contribution in [0, 0.1) is 0 Å². The van der Waals surface area contributed by atoms with E-state index >= 15 is 0 Å². The molecule has 0 radical (unpaired) electrons. The number of nitrogens with one attached hydrogen (secondary N) is 2. The van der Waals surface area contributed by atoms with Crippen molar-refractivity contribution in [3.05, 3.63) is 20.7 Å². The smallest absolute Gasteiger partial charge is 0.339 e. The van der Waals surface area contributed by atoms with Crippen molar-refractivity contribution in [2.45, 2.75) is 5.16 Å². The lowest BCUT2D eigenvalue weighted by Gasteiger charge is -2.27. The average Bonchev–Trinajstić information content (AvgIpc) is 2.42. The van der Waals surface area contributed by atoms with Crippen molar-refractivity contribution in [1.29, 1.82) is 0 Å². The van der Waals surface area contributed by atoms with E-state index in [0.717, 1.165) is 24.9 Å². The van der Waals surface area contributed by atoms with Crippen molar-refractivity contribution in [1.82, 2.24) is 25.0 Å². The topological polar surface area (TPSA) is 100 Å². The summed E-state index contributed by atoms with van der Waals surface area (Å²) in [5, 5.41) is 5.84. The van der Waals surface area contributed by atoms with Crippen LogP contribution in [0.25, 0.3) is 0 Å². The Labute approximate surface area is 113 Å². The van der Waals surface area contributed by atoms with Crippen molar-refractivity contribution in [3.8, 4) is 0 Å². The fourth-order valence-corrected chi connectivity index (χ4v) is 2.54. The van der Waals surface area contributed by atoms with Gasteiger partial charge in [-0.15, -0.1) is 0 Å². The van der Waals surface area contributed by atoms with Crippen LogP contribution in [0.5, 0.6) is 0 Å². The van der Waals surface area contributed by atoms with E-state index in [-0.39, 0.29) is 11.7 Å². The highest BCUT2D eigenvalue weighted by Crippen LogP contribution is 2.12. The fraction of sp³-hybridized carbons (Fsp3) is 0.600. The van der Waals surface area contributed by atoms with Gasteiger partial charge in [0.05, 0.1) is 5.75 Å². The van der Waals surface area contributed by atoms with Gasteiger partial charge in [0.1, 0.15) is 0 Å². The molecule has 1 saturated heterocycles. The van der Waals surface area contributed by atoms with Crippen molar-refractivity contribution in [2.24, 2.45) is 7.05 Å². The first-order valence-electron chi connectivity index (χ1n) is 5.86. The Balaban J connectivity index is 1.98. The van der Waals surface area contributed by atoms with Crippen LogP contribution in [-0.2, 0) is 11.8 Å². The second kappa shape index (κ2) is 6.02. The third-order valence-corrected chi connectivity index (χ3v) is 3.76. The number of carbonyl (C=O) groups is 1. The lowest BCUT2D eigenvalue weighted by molar-refractivity contribution is -0.128. The molecular weight excluding hydrogens is 270 g/mol. The molecule has 0 atom stereocenters. The van der Waals surface area contributed by atoms with Gasteiger partial charge in [0, 0.05) is 33.2 Å². The number of amides is 1. The zero-order chi connectivity index (χ0) is 13.8. The minimum atomic E-state index is -0.838. The molecule has 19 heavy (non-hydrogen) atoms. The van der Waals surface area contributed by atoms with Crippen LogP contribution in [0.1, 0.15) is 0 Å². The Kier molecular flexibility index (Phi) is 4.38. The molecule has 8 nitrogen and oxygen atoms in total. The maximum atomic E-state index is 11.9. The SMILES string of the molecule is Cn1[nH]c(=O)c(=O)nc1SCC(=O)N1CCNCC1. The molecule has 104 valence electrons. The molecular formula is C10H15N5O3S. The number of carbonyl (C=O) groups excluding carboxylic acids is 1. The lowest BCUT2D eigenvalue weighted by Crippen LogP contribution is -2.47. The predicted octanol–water partition coefficient (Wildman–Crippen LogP) is -2.01. The standard InChI is InChI=1S/C10H15N5O3S/c1-14-10(12-8(17)9(18)13-14)19-6-7(16)15-4-2-11-3-5-15/h11H,2-6H2,1H3,(H,13,18). The number of aryl methyl sites for hydroxylation is 1. The number of aromatic amines is 1. The summed E-state index contributed by atoms with van der Waals surface area (Å²) >= 11 is 1.14. The van der Waals surface area contributed by atoms with E-state index in [9.17, 15) is 14.4 Å². The van der Waals surface area contributed by atoms with E-state index in [1.54, 1.807) is 11.9 Å². The van der Waals surface area contributed by atoms with Crippen LogP contribution >= 0.6 is 11.8 Å². The molecule has 0 spiro atoms. The first-order chi connectivity index (χ1) is 9.08. The van der Waals surface area contributed by atoms with Crippen LogP contribution in [0.2, 0.25) is 0 Å². The normalized spacial score (nSPS) is 15.5. The van der Waals surface area contributed by atoms with E-state index < -0.39 is 11.1 Å². The molecule has 1 aliphatic heterocycles. The van der Waals surface area contributed by atoms with E-state index in [1.165, 1.54) is 4.68 Å². The summed E-state index contributed by atoms with van der Waals surface area (Å²) in [6, 6.07) is 0. The summed E-state index contributed by atoms with van der Waals surface area (Å²) in [6.45, 7) is 2.98. The van der Waals surface area contributed by atoms with E-state index in [0.29, 0.717) is 18.2 Å². The Morgan fingerprint density at radius 3 is 2.74 bits per heavy atom. The average molecular weight is 285 g/mol. The number of piperazine rings is 1. The molecule has 0 unspecified atom stereocenters. The maximum absolute atomic E-state index is 11.9. The monoisotopic (exact) mass is 285 g/mol. The molecule has 0 aromatic carbocycles. The lowest BCUT2D eigenvalue weighted by atomic mass is 10.3. The highest BCUT2D eigenvalue weighted by atomic mass is 32.2. The molecule has 1 aliphatic rings. The zero-order valence-corrected chi connectivity index (χ0v) is 11.3. The van der Waals surface area contributed by atoms with Gasteiger partial charge in [-0.25, -0.2) is 0 Å². The summed E-state index contributed by atoms with van der Waals surface area (Å²) in [5.74, 6) is 0.207. The molecule has 0 bridgehead atoms. The highest BCUT2D eigenvalue weighted by molar-refractivity contribution is 7.99. The highest BCUT2D eigenvalue weighted by Gasteiger charge is 2.17. The van der Waals surface area contributed by atoms with Crippen molar-refractivity contribution >= 4 is 17.7 Å². The molecule has 0 saturated carbocycles. The van der Waals surface area contributed by atoms with Gasteiger partial charge in [-0.2, -0.15) is 4.98 Å². The number of nitrogens with zero attached hydrogens (tertiary/aromatic N) is 3. The van der Waals surface area contributed by atoms with Crippen LogP contribution in [0.15, 0.2) is 14.7 Å². The summed E-state index contributed by atoms with van der Waals surface area (Å²) in [5.41, 5.74) is -1.60. The van der Waals surface area contributed by atoms with Gasteiger partial charge >= 0.3 is 11.1 Å². The maximum Gasteiger partial charge on any atom is 0.339 e. The Morgan fingerprint density at radius 2 is 2.05 bits per heavy atom. The van der Waals surface area contributed by atoms with E-state index in [1.807, 2.05) is 0 Å². The van der Waals surface area contributed by atoms with Crippen LogP contribution in [0.4, 0.5) is 0 Å². The number of rotatable bonds is 3. The summed E-state index contributed by atoms with van der Waals surface area (Å²) in [4.78, 5) is 39.5. The molecule has 2 rings (SSSR count). The second-order valence-corrected chi connectivity index (χ2v) is 5.06. The predicted molar refractivity (Wildman–Crippen MR) is 70.3 cm³/mol. The number of aromatic nitrogens is 3. The molecule has 1 amide bonds. The molecule has 2 N–H and O–H groups in total. The van der Waals surface area contributed by atoms with Crippen LogP contribution in [0.3, 0.4) is 0 Å². The molecule has 9 heteroatoms. The Morgan fingerprint density at radius 1 is 1.37 bits per heavy atom. The first-order valence-corrected chi connectivity index (χ1v) is 6.85. The second-order valence-electron chi connectivity index (χ2n) is 4.12. The third-order valence-electron chi connectivity index (χ3n) is 2.74. The van der Waals surface area contributed by atoms with E-state index in [4.69, 9.17) is 0 Å². The minimum absolute atomic E-state index is 0.00643. The van der Waals surface area contributed by atoms with Crippen molar-refractivity contribution in [2.75, 3.05) is 31.9 Å². The summed E-state index contributed by atoms with van der Waals surface area (Å²) in [6.07, 6.45) is 0. The molecule has 1 aromatic rings. The van der Waals surface area contributed by atoms with Gasteiger partial charge < -0.3 is 10.2 Å². The molecule has 0 aliphatic carbocycles. The van der Waals surface area contributed by atoms with Gasteiger partial charge in [-0.1, -0.05) is 11.8 Å². The number of hydrogen-bond donors (Lipinski definition) is 2. The third kappa shape index (κ3) is 3.44. The quantitative estimate of drug-likeness (QED) is 0.492. The van der Waals surface area contributed by atoms with Crippen LogP contribution < -0.4 is 16.4 Å². The number of thioether (sulfide) groups is 1. The molecule has 1 fully saturated rings. The largest absolute Gasteiger partial charge is 0.339 e. The Bertz CT molecular complexity index is 575. The van der Waals surface area contributed by atoms with Gasteiger partial charge in [-0.05, 0) is 0 Å². The van der Waals surface area contributed by atoms with Crippen molar-refractivity contribution < 1.29 is 4.79 Å². The summed E-state index contributed by atoms with van der Waals surface area (Å²) < 4.78 is 1.35. The number of hydrogen-bond acceptors (Lipinski definition) is 6. The molecule has 2 heterocycles. The van der Waals surface area contributed by atoms with Gasteiger partial charge in [0.25, 0.3) is 0 Å². The minimum Gasteiger partial charge on any atom is -0.339 e. The molecule has 1 aromatic heterocycles. The van der Waals surface area contributed by atoms with Gasteiger partial charge in [-0.3, -0.25) is 24.2 Å².